The molecule has 1 heteroatoms. The number of ether oxygens (including phenoxy) is 1. The molecule has 0 radical (unpaired) electrons. The van der Waals surface area contributed by atoms with Gasteiger partial charge in [0.2, 0.25) is 0 Å². The van der Waals surface area contributed by atoms with E-state index in [1.807, 2.05) is 0 Å². The molecule has 0 saturated carbocycles. The minimum absolute atomic E-state index is 0.129. The minimum Gasteiger partial charge on any atom is -0.488 e. The molecule has 86 valence electrons. The van der Waals surface area contributed by atoms with Gasteiger partial charge in [-0.1, -0.05) is 17.7 Å². The fourth-order valence-electron chi connectivity index (χ4n) is 2.16. The smallest absolute Gasteiger partial charge is 0.123 e. The number of rotatable bonds is 1. The summed E-state index contributed by atoms with van der Waals surface area (Å²) in [6, 6.07) is 4.29. The van der Waals surface area contributed by atoms with Crippen LogP contribution in [0.15, 0.2) is 17.7 Å². The molecular formula is C15H20O. The van der Waals surface area contributed by atoms with Gasteiger partial charge in [0, 0.05) is 0 Å². The monoisotopic (exact) mass is 216 g/mol. The maximum absolute atomic E-state index is 5.96. The molecule has 0 bridgehead atoms. The molecular weight excluding hydrogens is 196 g/mol. The van der Waals surface area contributed by atoms with Crippen molar-refractivity contribution in [1.29, 1.82) is 0 Å². The zero-order valence-electron chi connectivity index (χ0n) is 10.8. The van der Waals surface area contributed by atoms with E-state index in [-0.39, 0.29) is 5.60 Å². The van der Waals surface area contributed by atoms with E-state index in [0.29, 0.717) is 0 Å². The van der Waals surface area contributed by atoms with Crippen LogP contribution in [0.4, 0.5) is 0 Å². The Kier molecular flexibility index (Phi) is 2.57. The second-order valence-corrected chi connectivity index (χ2v) is 5.64. The molecule has 0 heterocycles. The van der Waals surface area contributed by atoms with Crippen molar-refractivity contribution in [2.45, 2.75) is 46.6 Å². The van der Waals surface area contributed by atoms with Crippen molar-refractivity contribution in [3.05, 3.63) is 34.4 Å². The molecule has 1 aromatic carbocycles. The number of hydrogen-bond acceptors (Lipinski definition) is 1. The molecule has 0 spiro atoms. The third-order valence-electron chi connectivity index (χ3n) is 2.83. The highest BCUT2D eigenvalue weighted by Crippen LogP contribution is 2.34. The topological polar surface area (TPSA) is 9.23 Å². The van der Waals surface area contributed by atoms with E-state index in [1.165, 1.54) is 22.3 Å². The van der Waals surface area contributed by atoms with Crippen LogP contribution in [0.3, 0.4) is 0 Å². The summed E-state index contributed by atoms with van der Waals surface area (Å²) in [4.78, 5) is 0. The molecule has 1 aliphatic carbocycles. The second kappa shape index (κ2) is 3.65. The fourth-order valence-corrected chi connectivity index (χ4v) is 2.16. The largest absolute Gasteiger partial charge is 0.488 e. The van der Waals surface area contributed by atoms with Gasteiger partial charge >= 0.3 is 0 Å². The highest BCUT2D eigenvalue weighted by molar-refractivity contribution is 5.68. The lowest BCUT2D eigenvalue weighted by molar-refractivity contribution is 0.130. The summed E-state index contributed by atoms with van der Waals surface area (Å²) < 4.78 is 5.96. The summed E-state index contributed by atoms with van der Waals surface area (Å²) in [6.07, 6.45) is 3.37. The highest BCUT2D eigenvalue weighted by atomic mass is 16.5. The highest BCUT2D eigenvalue weighted by Gasteiger charge is 2.18. The lowest BCUT2D eigenvalue weighted by Gasteiger charge is -2.23. The molecule has 1 nitrogen and oxygen atoms in total. The van der Waals surface area contributed by atoms with Crippen LogP contribution in [-0.2, 0) is 6.42 Å². The van der Waals surface area contributed by atoms with Crippen LogP contribution >= 0.6 is 0 Å². The van der Waals surface area contributed by atoms with Crippen molar-refractivity contribution in [3.63, 3.8) is 0 Å². The van der Waals surface area contributed by atoms with Crippen molar-refractivity contribution in [1.82, 2.24) is 0 Å². The van der Waals surface area contributed by atoms with Crippen LogP contribution in [0, 0.1) is 6.92 Å². The Morgan fingerprint density at radius 1 is 1.12 bits per heavy atom. The Morgan fingerprint density at radius 3 is 2.44 bits per heavy atom. The van der Waals surface area contributed by atoms with Crippen molar-refractivity contribution in [2.75, 3.05) is 0 Å². The number of hydrogen-bond donors (Lipinski definition) is 0. The van der Waals surface area contributed by atoms with E-state index >= 15 is 0 Å². The first kappa shape index (κ1) is 11.3. The molecule has 0 N–H and O–H groups in total. The van der Waals surface area contributed by atoms with E-state index in [4.69, 9.17) is 4.74 Å². The van der Waals surface area contributed by atoms with Crippen molar-refractivity contribution < 1.29 is 4.74 Å². The summed E-state index contributed by atoms with van der Waals surface area (Å²) >= 11 is 0. The molecule has 0 aromatic heterocycles. The molecule has 0 amide bonds. The Morgan fingerprint density at radius 2 is 1.81 bits per heavy atom. The SMILES string of the molecule is CC1=Cc2c(ccc(OC(C)(C)C)c2C)C1. The Balaban J connectivity index is 2.40. The maximum Gasteiger partial charge on any atom is 0.123 e. The first-order valence-electron chi connectivity index (χ1n) is 5.85. The van der Waals surface area contributed by atoms with E-state index in [9.17, 15) is 0 Å². The van der Waals surface area contributed by atoms with Crippen LogP contribution in [0.5, 0.6) is 5.75 Å². The lowest BCUT2D eigenvalue weighted by Crippen LogP contribution is -2.23. The van der Waals surface area contributed by atoms with Crippen LogP contribution in [0.2, 0.25) is 0 Å². The molecule has 2 rings (SSSR count). The number of allylic oxidation sites excluding steroid dienone is 1. The number of benzene rings is 1. The van der Waals surface area contributed by atoms with Crippen LogP contribution < -0.4 is 4.74 Å². The quantitative estimate of drug-likeness (QED) is 0.685. The average Bonchev–Trinajstić information content (AvgIpc) is 2.50. The summed E-state index contributed by atoms with van der Waals surface area (Å²) in [5.74, 6) is 1.01. The first-order valence-corrected chi connectivity index (χ1v) is 5.85. The van der Waals surface area contributed by atoms with Crippen LogP contribution in [0.1, 0.15) is 44.4 Å². The van der Waals surface area contributed by atoms with Gasteiger partial charge in [0.15, 0.2) is 0 Å². The van der Waals surface area contributed by atoms with Crippen LogP contribution in [0.25, 0.3) is 6.08 Å². The zero-order chi connectivity index (χ0) is 11.9. The third-order valence-corrected chi connectivity index (χ3v) is 2.83. The lowest BCUT2D eigenvalue weighted by atomic mass is 10.0. The third kappa shape index (κ3) is 2.13. The molecule has 0 saturated heterocycles. The van der Waals surface area contributed by atoms with E-state index in [0.717, 1.165) is 12.2 Å². The average molecular weight is 216 g/mol. The molecule has 1 aromatic rings. The molecule has 0 unspecified atom stereocenters. The van der Waals surface area contributed by atoms with E-state index in [1.54, 1.807) is 0 Å². The van der Waals surface area contributed by atoms with Gasteiger partial charge in [-0.3, -0.25) is 0 Å². The fraction of sp³-hybridized carbons (Fsp3) is 0.467. The summed E-state index contributed by atoms with van der Waals surface area (Å²) in [6.45, 7) is 10.6. The van der Waals surface area contributed by atoms with Crippen molar-refractivity contribution >= 4 is 6.08 Å². The van der Waals surface area contributed by atoms with Gasteiger partial charge in [-0.25, -0.2) is 0 Å². The minimum atomic E-state index is -0.129. The predicted octanol–water partition coefficient (Wildman–Crippen LogP) is 4.13. The van der Waals surface area contributed by atoms with Gasteiger partial charge in [-0.15, -0.1) is 0 Å². The van der Waals surface area contributed by atoms with Crippen molar-refractivity contribution in [2.24, 2.45) is 0 Å². The number of fused-ring (bicyclic) bond motifs is 1. The Bertz CT molecular complexity index is 447. The van der Waals surface area contributed by atoms with E-state index in [2.05, 4.69) is 52.8 Å². The Labute approximate surface area is 98.1 Å². The molecule has 0 atom stereocenters. The molecule has 16 heavy (non-hydrogen) atoms. The predicted molar refractivity (Wildman–Crippen MR) is 68.9 cm³/mol. The molecule has 0 fully saturated rings. The first-order chi connectivity index (χ1) is 7.37. The van der Waals surface area contributed by atoms with Gasteiger partial charge in [0.25, 0.3) is 0 Å². The van der Waals surface area contributed by atoms with Crippen molar-refractivity contribution in [3.8, 4) is 5.75 Å². The molecule has 1 aliphatic rings. The van der Waals surface area contributed by atoms with Gasteiger partial charge < -0.3 is 4.74 Å². The normalized spacial score (nSPS) is 14.7. The summed E-state index contributed by atoms with van der Waals surface area (Å²) in [7, 11) is 0. The molecule has 0 aliphatic heterocycles. The van der Waals surface area contributed by atoms with Gasteiger partial charge in [-0.05, 0) is 63.8 Å². The van der Waals surface area contributed by atoms with Crippen LogP contribution in [-0.4, -0.2) is 5.60 Å². The summed E-state index contributed by atoms with van der Waals surface area (Å²) in [5.41, 5.74) is 5.36. The summed E-state index contributed by atoms with van der Waals surface area (Å²) in [5, 5.41) is 0. The van der Waals surface area contributed by atoms with E-state index < -0.39 is 0 Å². The van der Waals surface area contributed by atoms with Gasteiger partial charge in [0.05, 0.1) is 0 Å². The standard InChI is InChI=1S/C15H20O/c1-10-8-12-6-7-14(16-15(3,4)5)11(2)13(12)9-10/h6-7,9H,8H2,1-5H3. The second-order valence-electron chi connectivity index (χ2n) is 5.64. The zero-order valence-corrected chi connectivity index (χ0v) is 10.8. The van der Waals surface area contributed by atoms with Gasteiger partial charge in [-0.2, -0.15) is 0 Å². The maximum atomic E-state index is 5.96. The Hall–Kier alpha value is -1.24. The van der Waals surface area contributed by atoms with Gasteiger partial charge in [0.1, 0.15) is 11.4 Å².